The van der Waals surface area contributed by atoms with Crippen LogP contribution in [0.15, 0.2) is 42.0 Å². The Morgan fingerprint density at radius 1 is 1.17 bits per heavy atom. The normalized spacial score (nSPS) is 11.4. The molecule has 0 bridgehead atoms. The average Bonchev–Trinajstić information content (AvgIpc) is 3.17. The maximum atomic E-state index is 12.9. The maximum absolute atomic E-state index is 12.9. The van der Waals surface area contributed by atoms with E-state index >= 15 is 0 Å². The molecule has 3 rings (SSSR count). The van der Waals surface area contributed by atoms with Crippen molar-refractivity contribution in [3.63, 3.8) is 0 Å². The molecule has 0 radical (unpaired) electrons. The maximum Gasteiger partial charge on any atom is 0.266 e. The highest BCUT2D eigenvalue weighted by molar-refractivity contribution is 6.10. The number of nitriles is 1. The van der Waals surface area contributed by atoms with Crippen LogP contribution < -0.4 is 5.32 Å². The molecule has 1 aromatic carbocycles. The third-order valence-corrected chi connectivity index (χ3v) is 5.26. The van der Waals surface area contributed by atoms with Gasteiger partial charge in [0.15, 0.2) is 0 Å². The lowest BCUT2D eigenvalue weighted by Gasteiger charge is -2.08. The van der Waals surface area contributed by atoms with Crippen molar-refractivity contribution in [1.82, 2.24) is 14.3 Å². The minimum atomic E-state index is -0.434. The number of benzene rings is 1. The molecule has 6 nitrogen and oxygen atoms in total. The number of aromatic nitrogens is 3. The van der Waals surface area contributed by atoms with Crippen molar-refractivity contribution in [1.29, 1.82) is 5.26 Å². The number of rotatable bonds is 6. The van der Waals surface area contributed by atoms with Crippen LogP contribution in [-0.4, -0.2) is 20.3 Å². The van der Waals surface area contributed by atoms with E-state index in [1.54, 1.807) is 10.8 Å². The minimum absolute atomic E-state index is 0.0676. The molecule has 0 aliphatic carbocycles. The molecule has 2 aromatic heterocycles. The summed E-state index contributed by atoms with van der Waals surface area (Å²) in [6.45, 7) is 10.8. The van der Waals surface area contributed by atoms with Crippen LogP contribution in [0.25, 0.3) is 11.8 Å². The van der Waals surface area contributed by atoms with E-state index in [2.05, 4.69) is 21.9 Å². The van der Waals surface area contributed by atoms with Crippen LogP contribution in [0.5, 0.6) is 0 Å². The molecular weight excluding hydrogens is 374 g/mol. The lowest BCUT2D eigenvalue weighted by atomic mass is 10.1. The van der Waals surface area contributed by atoms with Gasteiger partial charge in [-0.1, -0.05) is 25.1 Å². The molecule has 0 fully saturated rings. The average molecular weight is 402 g/mol. The van der Waals surface area contributed by atoms with Crippen LogP contribution in [-0.2, 0) is 11.3 Å². The lowest BCUT2D eigenvalue weighted by molar-refractivity contribution is -0.112. The summed E-state index contributed by atoms with van der Waals surface area (Å²) in [4.78, 5) is 12.9. The first kappa shape index (κ1) is 21.1. The van der Waals surface area contributed by atoms with E-state index in [0.717, 1.165) is 41.3 Å². The first-order chi connectivity index (χ1) is 14.4. The summed E-state index contributed by atoms with van der Waals surface area (Å²) in [5.74, 6) is -0.434. The van der Waals surface area contributed by atoms with Crippen molar-refractivity contribution < 1.29 is 4.79 Å². The van der Waals surface area contributed by atoms with E-state index < -0.39 is 5.91 Å². The van der Waals surface area contributed by atoms with Gasteiger partial charge in [0.1, 0.15) is 11.6 Å². The molecule has 0 unspecified atom stereocenters. The largest absolute Gasteiger partial charge is 0.349 e. The van der Waals surface area contributed by atoms with Gasteiger partial charge in [-0.15, -0.1) is 0 Å². The van der Waals surface area contributed by atoms with E-state index in [9.17, 15) is 10.1 Å². The topological polar surface area (TPSA) is 75.6 Å². The summed E-state index contributed by atoms with van der Waals surface area (Å²) < 4.78 is 4.00. The van der Waals surface area contributed by atoms with Gasteiger partial charge in [0.05, 0.1) is 22.8 Å². The number of hydrogen-bond acceptors (Lipinski definition) is 3. The van der Waals surface area contributed by atoms with E-state index in [4.69, 9.17) is 0 Å². The van der Waals surface area contributed by atoms with Gasteiger partial charge in [0.25, 0.3) is 5.91 Å². The van der Waals surface area contributed by atoms with Crippen molar-refractivity contribution in [3.05, 3.63) is 70.3 Å². The molecule has 0 atom stereocenters. The molecule has 0 aliphatic rings. The molecule has 0 saturated carbocycles. The number of carbonyl (C=O) groups is 1. The van der Waals surface area contributed by atoms with E-state index in [0.29, 0.717) is 11.4 Å². The van der Waals surface area contributed by atoms with Crippen molar-refractivity contribution in [3.8, 4) is 11.8 Å². The molecule has 0 saturated heterocycles. The lowest BCUT2D eigenvalue weighted by Crippen LogP contribution is -2.14. The molecule has 3 aromatic rings. The van der Waals surface area contributed by atoms with E-state index in [-0.39, 0.29) is 5.57 Å². The summed E-state index contributed by atoms with van der Waals surface area (Å²) in [7, 11) is 0. The Morgan fingerprint density at radius 3 is 2.50 bits per heavy atom. The number of nitrogens with one attached hydrogen (secondary N) is 1. The summed E-state index contributed by atoms with van der Waals surface area (Å²) in [5, 5.41) is 17.1. The fourth-order valence-corrected chi connectivity index (χ4v) is 3.67. The first-order valence-electron chi connectivity index (χ1n) is 10.1. The van der Waals surface area contributed by atoms with Crippen LogP contribution in [0, 0.1) is 39.0 Å². The monoisotopic (exact) mass is 401 g/mol. The van der Waals surface area contributed by atoms with Crippen molar-refractivity contribution in [2.45, 2.75) is 47.6 Å². The zero-order valence-electron chi connectivity index (χ0n) is 18.2. The van der Waals surface area contributed by atoms with Crippen LogP contribution in [0.3, 0.4) is 0 Å². The third-order valence-electron chi connectivity index (χ3n) is 5.26. The summed E-state index contributed by atoms with van der Waals surface area (Å²) >= 11 is 0. The van der Waals surface area contributed by atoms with Gasteiger partial charge in [0.2, 0.25) is 0 Å². The van der Waals surface area contributed by atoms with Crippen LogP contribution in [0.2, 0.25) is 0 Å². The van der Waals surface area contributed by atoms with Crippen molar-refractivity contribution in [2.24, 2.45) is 0 Å². The Hall–Kier alpha value is -3.59. The fraction of sp³-hybridized carbons (Fsp3) is 0.292. The summed E-state index contributed by atoms with van der Waals surface area (Å²) in [6.07, 6.45) is 2.69. The second-order valence-corrected chi connectivity index (χ2v) is 7.40. The van der Waals surface area contributed by atoms with Gasteiger partial charge < -0.3 is 9.88 Å². The molecule has 0 aliphatic heterocycles. The van der Waals surface area contributed by atoms with Gasteiger partial charge in [0, 0.05) is 17.9 Å². The zero-order valence-corrected chi connectivity index (χ0v) is 18.2. The summed E-state index contributed by atoms with van der Waals surface area (Å²) in [6, 6.07) is 13.8. The molecule has 6 heteroatoms. The van der Waals surface area contributed by atoms with E-state index in [1.807, 2.05) is 70.2 Å². The quantitative estimate of drug-likeness (QED) is 0.473. The molecule has 1 amide bonds. The Morgan fingerprint density at radius 2 is 1.87 bits per heavy atom. The highest BCUT2D eigenvalue weighted by Crippen LogP contribution is 2.24. The Balaban J connectivity index is 1.90. The van der Waals surface area contributed by atoms with Crippen molar-refractivity contribution >= 4 is 17.7 Å². The number of aryl methyl sites for hydroxylation is 2. The predicted molar refractivity (Wildman–Crippen MR) is 119 cm³/mol. The standard InChI is InChI=1S/C24H27N5O/c1-6-12-28-16(2)13-20(18(28)4)14-21(15-25)24(30)26-23-17(3)27-29(19(23)5)22-10-8-7-9-11-22/h7-11,13-14H,6,12H2,1-5H3,(H,26,30)/b21-14+. The Labute approximate surface area is 177 Å². The highest BCUT2D eigenvalue weighted by Gasteiger charge is 2.18. The molecular formula is C24H27N5O. The number of carbonyl (C=O) groups excluding carboxylic acids is 1. The molecule has 30 heavy (non-hydrogen) atoms. The highest BCUT2D eigenvalue weighted by atomic mass is 16.1. The molecule has 2 heterocycles. The predicted octanol–water partition coefficient (Wildman–Crippen LogP) is 4.86. The van der Waals surface area contributed by atoms with Crippen molar-refractivity contribution in [2.75, 3.05) is 5.32 Å². The molecule has 154 valence electrons. The smallest absolute Gasteiger partial charge is 0.266 e. The van der Waals surface area contributed by atoms with Gasteiger partial charge in [-0.2, -0.15) is 10.4 Å². The summed E-state index contributed by atoms with van der Waals surface area (Å²) in [5.41, 5.74) is 6.18. The number of para-hydroxylation sites is 1. The van der Waals surface area contributed by atoms with Crippen LogP contribution in [0.4, 0.5) is 5.69 Å². The number of nitrogens with zero attached hydrogens (tertiary/aromatic N) is 4. The first-order valence-corrected chi connectivity index (χ1v) is 10.1. The van der Waals surface area contributed by atoms with Crippen LogP contribution in [0.1, 0.15) is 41.7 Å². The minimum Gasteiger partial charge on any atom is -0.349 e. The van der Waals surface area contributed by atoms with Gasteiger partial charge in [-0.05, 0) is 64.0 Å². The number of anilines is 1. The van der Waals surface area contributed by atoms with Crippen LogP contribution >= 0.6 is 0 Å². The molecule has 1 N–H and O–H groups in total. The molecule has 0 spiro atoms. The second-order valence-electron chi connectivity index (χ2n) is 7.40. The second kappa shape index (κ2) is 8.83. The fourth-order valence-electron chi connectivity index (χ4n) is 3.67. The van der Waals surface area contributed by atoms with E-state index in [1.165, 1.54) is 0 Å². The number of hydrogen-bond donors (Lipinski definition) is 1. The van der Waals surface area contributed by atoms with Gasteiger partial charge in [-0.25, -0.2) is 4.68 Å². The van der Waals surface area contributed by atoms with Gasteiger partial charge >= 0.3 is 0 Å². The zero-order chi connectivity index (χ0) is 21.8. The Kier molecular flexibility index (Phi) is 6.22. The third kappa shape index (κ3) is 4.06. The van der Waals surface area contributed by atoms with Gasteiger partial charge in [-0.3, -0.25) is 4.79 Å². The SMILES string of the molecule is CCCn1c(C)cc(/C=C(\C#N)C(=O)Nc2c(C)nn(-c3ccccc3)c2C)c1C. The Bertz CT molecular complexity index is 1140. The number of amides is 1.